The van der Waals surface area contributed by atoms with Gasteiger partial charge in [-0.2, -0.15) is 13.2 Å². The van der Waals surface area contributed by atoms with Crippen molar-refractivity contribution in [3.8, 4) is 16.9 Å². The lowest BCUT2D eigenvalue weighted by molar-refractivity contribution is -0.142. The summed E-state index contributed by atoms with van der Waals surface area (Å²) in [5.74, 6) is -4.19. The van der Waals surface area contributed by atoms with Gasteiger partial charge >= 0.3 is 11.9 Å². The van der Waals surface area contributed by atoms with E-state index < -0.39 is 70.5 Å². The smallest absolute Gasteiger partial charge is 0.408 e. The van der Waals surface area contributed by atoms with Gasteiger partial charge < -0.3 is 19.9 Å². The van der Waals surface area contributed by atoms with Crippen LogP contribution in [0.1, 0.15) is 53.9 Å². The highest BCUT2D eigenvalue weighted by atomic mass is 19.4. The molecule has 14 heteroatoms. The van der Waals surface area contributed by atoms with Crippen LogP contribution in [-0.4, -0.2) is 45.7 Å². The van der Waals surface area contributed by atoms with Crippen LogP contribution in [0.15, 0.2) is 33.9 Å². The second kappa shape index (κ2) is 12.9. The zero-order chi connectivity index (χ0) is 33.4. The molecular weight excluding hydrogens is 603 g/mol. The van der Waals surface area contributed by atoms with E-state index in [0.29, 0.717) is 59.7 Å². The molecule has 0 saturated carbocycles. The summed E-state index contributed by atoms with van der Waals surface area (Å²) >= 11 is 0. The van der Waals surface area contributed by atoms with E-state index in [1.54, 1.807) is 26.1 Å². The van der Waals surface area contributed by atoms with Crippen LogP contribution in [0.5, 0.6) is 5.75 Å². The average molecular weight is 637 g/mol. The van der Waals surface area contributed by atoms with E-state index in [4.69, 9.17) is 4.74 Å². The largest absolute Gasteiger partial charge is 0.493 e. The van der Waals surface area contributed by atoms with Crippen LogP contribution in [-0.2, 0) is 31.7 Å². The molecule has 4 rings (SSSR count). The maximum atomic E-state index is 14.9. The molecule has 2 N–H and O–H groups in total. The predicted molar refractivity (Wildman–Crippen MR) is 157 cm³/mol. The standard InChI is InChI=1S/C31H33F5N4O5/c1-6-24(31(34,35)36)37-18-13-21(32)26(22(33)14-18)28(42)38-23(16(3)41)12-17-9-10-20(27-19(17)8-7-11-45-27)25-15(2)39(4)30(44)40(5)29(25)43/h9-10,13-14,23-24,37H,6-8,11-12H2,1-5H3,(H,38,42)/t23-,24+/m0/s1. The molecule has 1 aliphatic rings. The Morgan fingerprint density at radius 2 is 1.71 bits per heavy atom. The number of halogens is 5. The van der Waals surface area contributed by atoms with E-state index in [1.807, 2.05) is 5.32 Å². The van der Waals surface area contributed by atoms with Crippen LogP contribution in [0.2, 0.25) is 0 Å². The summed E-state index contributed by atoms with van der Waals surface area (Å²) in [7, 11) is 2.91. The number of carbonyl (C=O) groups excluding carboxylic acids is 2. The summed E-state index contributed by atoms with van der Waals surface area (Å²) in [5.41, 5.74) is -0.124. The summed E-state index contributed by atoms with van der Waals surface area (Å²) < 4.78 is 77.5. The highest BCUT2D eigenvalue weighted by Crippen LogP contribution is 2.38. The Bertz CT molecular complexity index is 1760. The molecule has 0 bridgehead atoms. The van der Waals surface area contributed by atoms with Crippen molar-refractivity contribution in [2.45, 2.75) is 64.7 Å². The first-order chi connectivity index (χ1) is 21.1. The van der Waals surface area contributed by atoms with Gasteiger partial charge in [0, 0.05) is 37.5 Å². The first kappa shape index (κ1) is 33.4. The minimum atomic E-state index is -4.66. The van der Waals surface area contributed by atoms with Crippen molar-refractivity contribution in [2.24, 2.45) is 14.1 Å². The SMILES string of the molecule is CC[C@@H](Nc1cc(F)c(C(=O)N[C@@H](Cc2ccc(-c3c(C)n(C)c(=O)n(C)c3=O)c3c2CCCO3)C(C)=O)c(F)c1)C(F)(F)F. The molecule has 1 aromatic heterocycles. The van der Waals surface area contributed by atoms with Crippen molar-refractivity contribution >= 4 is 17.4 Å². The van der Waals surface area contributed by atoms with Crippen LogP contribution in [0.4, 0.5) is 27.6 Å². The average Bonchev–Trinajstić information content (AvgIpc) is 2.97. The minimum Gasteiger partial charge on any atom is -0.493 e. The molecule has 0 saturated heterocycles. The number of anilines is 1. The third kappa shape index (κ3) is 6.64. The van der Waals surface area contributed by atoms with Crippen molar-refractivity contribution in [1.82, 2.24) is 14.5 Å². The second-order valence-electron chi connectivity index (χ2n) is 11.0. The van der Waals surface area contributed by atoms with Crippen LogP contribution in [0, 0.1) is 18.6 Å². The molecule has 1 aliphatic heterocycles. The lowest BCUT2D eigenvalue weighted by atomic mass is 9.89. The summed E-state index contributed by atoms with van der Waals surface area (Å²) in [5, 5.41) is 4.38. The lowest BCUT2D eigenvalue weighted by Gasteiger charge is -2.26. The number of hydrogen-bond donors (Lipinski definition) is 2. The zero-order valence-electron chi connectivity index (χ0n) is 25.3. The topological polar surface area (TPSA) is 111 Å². The summed E-state index contributed by atoms with van der Waals surface area (Å²) in [6.07, 6.45) is -4.01. The number of aromatic nitrogens is 2. The molecule has 1 amide bonds. The van der Waals surface area contributed by atoms with Gasteiger partial charge in [-0.25, -0.2) is 13.6 Å². The third-order valence-electron chi connectivity index (χ3n) is 8.04. The molecule has 45 heavy (non-hydrogen) atoms. The molecule has 2 aromatic carbocycles. The van der Waals surface area contributed by atoms with Crippen molar-refractivity contribution in [3.63, 3.8) is 0 Å². The van der Waals surface area contributed by atoms with E-state index >= 15 is 0 Å². The van der Waals surface area contributed by atoms with Crippen LogP contribution >= 0.6 is 0 Å². The summed E-state index contributed by atoms with van der Waals surface area (Å²) in [4.78, 5) is 51.1. The Balaban J connectivity index is 1.66. The molecule has 0 aliphatic carbocycles. The van der Waals surface area contributed by atoms with Gasteiger partial charge in [0.15, 0.2) is 5.78 Å². The number of Topliss-reactive ketones (excluding diaryl/α,β-unsaturated/α-hetero) is 1. The van der Waals surface area contributed by atoms with E-state index in [-0.39, 0.29) is 12.0 Å². The highest BCUT2D eigenvalue weighted by molar-refractivity contribution is 5.98. The van der Waals surface area contributed by atoms with Crippen LogP contribution in [0.25, 0.3) is 11.1 Å². The summed E-state index contributed by atoms with van der Waals surface area (Å²) in [6.45, 7) is 4.45. The third-order valence-corrected chi connectivity index (χ3v) is 8.04. The van der Waals surface area contributed by atoms with Crippen molar-refractivity contribution in [3.05, 3.63) is 79.1 Å². The van der Waals surface area contributed by atoms with Crippen molar-refractivity contribution in [2.75, 3.05) is 11.9 Å². The van der Waals surface area contributed by atoms with Gasteiger partial charge in [0.2, 0.25) is 0 Å². The predicted octanol–water partition coefficient (Wildman–Crippen LogP) is 4.35. The highest BCUT2D eigenvalue weighted by Gasteiger charge is 2.38. The normalized spacial score (nSPS) is 14.3. The number of benzene rings is 2. The number of hydrogen-bond acceptors (Lipinski definition) is 6. The number of ketones is 1. The number of rotatable bonds is 9. The lowest BCUT2D eigenvalue weighted by Crippen LogP contribution is -2.42. The minimum absolute atomic E-state index is 0.0794. The molecule has 0 unspecified atom stereocenters. The number of alkyl halides is 3. The van der Waals surface area contributed by atoms with E-state index in [1.165, 1.54) is 25.5 Å². The first-order valence-corrected chi connectivity index (χ1v) is 14.2. The Morgan fingerprint density at radius 3 is 2.29 bits per heavy atom. The fourth-order valence-electron chi connectivity index (χ4n) is 5.41. The Kier molecular flexibility index (Phi) is 9.54. The van der Waals surface area contributed by atoms with Gasteiger partial charge in [0.1, 0.15) is 29.0 Å². The maximum absolute atomic E-state index is 14.9. The molecule has 0 radical (unpaired) electrons. The van der Waals surface area contributed by atoms with Crippen molar-refractivity contribution < 1.29 is 36.3 Å². The zero-order valence-corrected chi connectivity index (χ0v) is 25.3. The molecule has 2 atom stereocenters. The van der Waals surface area contributed by atoms with Crippen LogP contribution in [0.3, 0.4) is 0 Å². The number of ether oxygens (including phenoxy) is 1. The number of carbonyl (C=O) groups is 2. The van der Waals surface area contributed by atoms with Gasteiger partial charge in [0.05, 0.1) is 18.2 Å². The molecule has 0 fully saturated rings. The Labute approximate surface area is 255 Å². The molecule has 0 spiro atoms. The fraction of sp³-hybridized carbons (Fsp3) is 0.419. The van der Waals surface area contributed by atoms with Gasteiger partial charge in [-0.1, -0.05) is 19.1 Å². The second-order valence-corrected chi connectivity index (χ2v) is 11.0. The first-order valence-electron chi connectivity index (χ1n) is 14.2. The fourth-order valence-corrected chi connectivity index (χ4v) is 5.41. The molecule has 3 aromatic rings. The number of fused-ring (bicyclic) bond motifs is 1. The summed E-state index contributed by atoms with van der Waals surface area (Å²) in [6, 6.07) is 1.19. The number of nitrogens with one attached hydrogen (secondary N) is 2. The Hall–Kier alpha value is -4.49. The van der Waals surface area contributed by atoms with Crippen molar-refractivity contribution in [1.29, 1.82) is 0 Å². The van der Waals surface area contributed by atoms with Gasteiger partial charge in [-0.05, 0) is 56.4 Å². The number of nitrogens with zero attached hydrogens (tertiary/aromatic N) is 2. The maximum Gasteiger partial charge on any atom is 0.408 e. The van der Waals surface area contributed by atoms with Gasteiger partial charge in [0.25, 0.3) is 11.5 Å². The monoisotopic (exact) mass is 636 g/mol. The van der Waals surface area contributed by atoms with E-state index in [0.717, 1.165) is 4.57 Å². The number of amides is 1. The van der Waals surface area contributed by atoms with Gasteiger partial charge in [-0.15, -0.1) is 0 Å². The quantitative estimate of drug-likeness (QED) is 0.338. The van der Waals surface area contributed by atoms with Gasteiger partial charge in [-0.3, -0.25) is 19.0 Å². The molecule has 9 nitrogen and oxygen atoms in total. The molecule has 242 valence electrons. The molecular formula is C31H33F5N4O5. The molecule has 2 heterocycles. The van der Waals surface area contributed by atoms with Crippen LogP contribution < -0.4 is 26.6 Å². The Morgan fingerprint density at radius 1 is 1.07 bits per heavy atom. The van der Waals surface area contributed by atoms with E-state index in [2.05, 4.69) is 5.32 Å². The van der Waals surface area contributed by atoms with E-state index in [9.17, 15) is 41.1 Å².